The van der Waals surface area contributed by atoms with Crippen LogP contribution < -0.4 is 10.1 Å². The smallest absolute Gasteiger partial charge is 0.270 e. The maximum Gasteiger partial charge on any atom is 0.270 e. The van der Waals surface area contributed by atoms with Crippen molar-refractivity contribution in [1.29, 1.82) is 0 Å². The fourth-order valence-corrected chi connectivity index (χ4v) is 4.97. The number of hydrogen-bond donors (Lipinski definition) is 1. The largest absolute Gasteiger partial charge is 0.497 e. The summed E-state index contributed by atoms with van der Waals surface area (Å²) in [7, 11) is 1.60. The number of amides is 2. The van der Waals surface area contributed by atoms with Gasteiger partial charge in [-0.15, -0.1) is 0 Å². The molecule has 4 rings (SSSR count). The average molecular weight is 465 g/mol. The number of amidine groups is 2. The number of ether oxygens (including phenoxy) is 1. The molecule has 2 aromatic rings. The number of carbonyl (C=O) groups excluding carboxylic acids is 2. The zero-order valence-corrected chi connectivity index (χ0v) is 20.1. The van der Waals surface area contributed by atoms with Crippen LogP contribution in [0, 0.1) is 5.92 Å². The number of anilines is 1. The first-order chi connectivity index (χ1) is 15.9. The van der Waals surface area contributed by atoms with E-state index < -0.39 is 6.04 Å². The average Bonchev–Trinajstić information content (AvgIpc) is 3.13. The standard InChI is InChI=1S/C25H28N4O3S/c1-5-21(24(31)26-16-10-12-17(32-4)13-11-16)33-25-27-19-9-7-6-8-18(19)22-28-23(30)20(29(22)25)14-15(2)3/h6-13,15,20-21H,5,14H2,1-4H3,(H,26,31). The Morgan fingerprint density at radius 2 is 1.88 bits per heavy atom. The Hall–Kier alpha value is -3.13. The number of nitrogens with zero attached hydrogens (tertiary/aromatic N) is 3. The van der Waals surface area contributed by atoms with Crippen molar-refractivity contribution in [3.63, 3.8) is 0 Å². The molecule has 8 heteroatoms. The topological polar surface area (TPSA) is 83.4 Å². The zero-order chi connectivity index (χ0) is 23.5. The van der Waals surface area contributed by atoms with Gasteiger partial charge in [-0.25, -0.2) is 4.99 Å². The molecule has 0 saturated heterocycles. The van der Waals surface area contributed by atoms with E-state index in [9.17, 15) is 9.59 Å². The molecule has 33 heavy (non-hydrogen) atoms. The van der Waals surface area contributed by atoms with E-state index in [1.54, 1.807) is 19.2 Å². The summed E-state index contributed by atoms with van der Waals surface area (Å²) in [4.78, 5) is 37.1. The summed E-state index contributed by atoms with van der Waals surface area (Å²) in [6, 6.07) is 14.5. The van der Waals surface area contributed by atoms with E-state index in [-0.39, 0.29) is 17.1 Å². The Morgan fingerprint density at radius 3 is 2.55 bits per heavy atom. The number of aliphatic imine (C=N–C) groups is 2. The SMILES string of the molecule is CCC(SC1=Nc2ccccc2C2=NC(=O)C(CC(C)C)N12)C(=O)Nc1ccc(OC)cc1. The van der Waals surface area contributed by atoms with E-state index >= 15 is 0 Å². The molecule has 2 aliphatic rings. The third-order valence-electron chi connectivity index (χ3n) is 5.57. The minimum Gasteiger partial charge on any atom is -0.497 e. The highest BCUT2D eigenvalue weighted by Crippen LogP contribution is 2.37. The molecule has 2 aliphatic heterocycles. The second kappa shape index (κ2) is 9.79. The van der Waals surface area contributed by atoms with Crippen LogP contribution in [0.4, 0.5) is 11.4 Å². The number of nitrogens with one attached hydrogen (secondary N) is 1. The molecule has 2 amide bonds. The van der Waals surface area contributed by atoms with Crippen molar-refractivity contribution in [3.05, 3.63) is 54.1 Å². The van der Waals surface area contributed by atoms with E-state index in [2.05, 4.69) is 24.2 Å². The van der Waals surface area contributed by atoms with E-state index in [1.165, 1.54) is 11.8 Å². The normalized spacial score (nSPS) is 17.8. The Kier molecular flexibility index (Phi) is 6.83. The van der Waals surface area contributed by atoms with Crippen LogP contribution in [0.2, 0.25) is 0 Å². The summed E-state index contributed by atoms with van der Waals surface area (Å²) in [6.45, 7) is 6.15. The van der Waals surface area contributed by atoms with E-state index in [4.69, 9.17) is 9.73 Å². The van der Waals surface area contributed by atoms with Crippen LogP contribution in [0.3, 0.4) is 0 Å². The number of para-hydroxylation sites is 1. The van der Waals surface area contributed by atoms with Crippen molar-refractivity contribution in [2.75, 3.05) is 12.4 Å². The molecule has 0 saturated carbocycles. The lowest BCUT2D eigenvalue weighted by molar-refractivity contribution is -0.120. The maximum atomic E-state index is 13.1. The first-order valence-electron chi connectivity index (χ1n) is 11.1. The van der Waals surface area contributed by atoms with Gasteiger partial charge in [0.05, 0.1) is 18.0 Å². The molecule has 2 unspecified atom stereocenters. The molecule has 2 heterocycles. The molecule has 0 radical (unpaired) electrons. The zero-order valence-electron chi connectivity index (χ0n) is 19.2. The van der Waals surface area contributed by atoms with Crippen LogP contribution in [0.5, 0.6) is 5.75 Å². The summed E-state index contributed by atoms with van der Waals surface area (Å²) >= 11 is 1.38. The summed E-state index contributed by atoms with van der Waals surface area (Å²) in [5.41, 5.74) is 2.31. The van der Waals surface area contributed by atoms with Crippen LogP contribution in [0.15, 0.2) is 58.5 Å². The van der Waals surface area contributed by atoms with Gasteiger partial charge in [-0.3, -0.25) is 14.5 Å². The highest BCUT2D eigenvalue weighted by Gasteiger charge is 2.42. The van der Waals surface area contributed by atoms with Crippen LogP contribution in [0.25, 0.3) is 0 Å². The van der Waals surface area contributed by atoms with Crippen molar-refractivity contribution < 1.29 is 14.3 Å². The predicted molar refractivity (Wildman–Crippen MR) is 133 cm³/mol. The summed E-state index contributed by atoms with van der Waals surface area (Å²) in [6.07, 6.45) is 1.28. The molecule has 0 aliphatic carbocycles. The van der Waals surface area contributed by atoms with E-state index in [1.807, 2.05) is 48.2 Å². The van der Waals surface area contributed by atoms with Gasteiger partial charge in [-0.1, -0.05) is 44.7 Å². The van der Waals surface area contributed by atoms with Gasteiger partial charge in [0.15, 0.2) is 5.17 Å². The van der Waals surface area contributed by atoms with Crippen LogP contribution in [-0.2, 0) is 9.59 Å². The van der Waals surface area contributed by atoms with Crippen molar-refractivity contribution in [2.45, 2.75) is 44.9 Å². The minimum atomic E-state index is -0.401. The molecule has 7 nitrogen and oxygen atoms in total. The molecule has 1 N–H and O–H groups in total. The van der Waals surface area contributed by atoms with Crippen molar-refractivity contribution >= 4 is 46.0 Å². The number of rotatable bonds is 7. The van der Waals surface area contributed by atoms with Crippen LogP contribution in [-0.4, -0.2) is 46.1 Å². The molecule has 0 aromatic heterocycles. The fourth-order valence-electron chi connectivity index (χ4n) is 3.90. The molecule has 172 valence electrons. The van der Waals surface area contributed by atoms with Gasteiger partial charge in [0.1, 0.15) is 17.6 Å². The second-order valence-electron chi connectivity index (χ2n) is 8.43. The van der Waals surface area contributed by atoms with Crippen molar-refractivity contribution in [1.82, 2.24) is 4.90 Å². The molecular formula is C25H28N4O3S. The molecule has 0 bridgehead atoms. The van der Waals surface area contributed by atoms with Gasteiger partial charge >= 0.3 is 0 Å². The lowest BCUT2D eigenvalue weighted by Crippen LogP contribution is -2.45. The number of thioether (sulfide) groups is 1. The van der Waals surface area contributed by atoms with Crippen LogP contribution >= 0.6 is 11.8 Å². The molecule has 2 atom stereocenters. The first-order valence-corrected chi connectivity index (χ1v) is 12.0. The maximum absolute atomic E-state index is 13.1. The number of carbonyl (C=O) groups is 2. The minimum absolute atomic E-state index is 0.112. The first kappa shape index (κ1) is 23.0. The predicted octanol–water partition coefficient (Wildman–Crippen LogP) is 4.85. The monoisotopic (exact) mass is 464 g/mol. The Morgan fingerprint density at radius 1 is 1.15 bits per heavy atom. The molecule has 2 aromatic carbocycles. The van der Waals surface area contributed by atoms with Crippen molar-refractivity contribution in [3.8, 4) is 5.75 Å². The quantitative estimate of drug-likeness (QED) is 0.633. The lowest BCUT2D eigenvalue weighted by atomic mass is 10.0. The van der Waals surface area contributed by atoms with E-state index in [0.29, 0.717) is 35.5 Å². The Labute approximate surface area is 198 Å². The number of methoxy groups -OCH3 is 1. The number of fused-ring (bicyclic) bond motifs is 3. The van der Waals surface area contributed by atoms with Gasteiger partial charge in [0.25, 0.3) is 5.91 Å². The number of hydrogen-bond acceptors (Lipinski definition) is 6. The third kappa shape index (κ3) is 4.80. The third-order valence-corrected chi connectivity index (χ3v) is 6.90. The molecule has 0 spiro atoms. The fraction of sp³-hybridized carbons (Fsp3) is 0.360. The summed E-state index contributed by atoms with van der Waals surface area (Å²) < 4.78 is 5.18. The van der Waals surface area contributed by atoms with Gasteiger partial charge in [-0.05, 0) is 55.2 Å². The van der Waals surface area contributed by atoms with Crippen molar-refractivity contribution in [2.24, 2.45) is 15.9 Å². The van der Waals surface area contributed by atoms with E-state index in [0.717, 1.165) is 17.0 Å². The molecule has 0 fully saturated rings. The highest BCUT2D eigenvalue weighted by atomic mass is 32.2. The van der Waals surface area contributed by atoms with Gasteiger partial charge < -0.3 is 10.1 Å². The Bertz CT molecular complexity index is 1110. The van der Waals surface area contributed by atoms with Gasteiger partial charge in [-0.2, -0.15) is 4.99 Å². The number of benzene rings is 2. The lowest BCUT2D eigenvalue weighted by Gasteiger charge is -2.32. The Balaban J connectivity index is 1.61. The van der Waals surface area contributed by atoms with Gasteiger partial charge in [0.2, 0.25) is 5.91 Å². The highest BCUT2D eigenvalue weighted by molar-refractivity contribution is 8.15. The van der Waals surface area contributed by atoms with Crippen LogP contribution in [0.1, 0.15) is 39.2 Å². The van der Waals surface area contributed by atoms with Gasteiger partial charge in [0, 0.05) is 11.3 Å². The second-order valence-corrected chi connectivity index (χ2v) is 9.60. The summed E-state index contributed by atoms with van der Waals surface area (Å²) in [5.74, 6) is 1.41. The molecular weight excluding hydrogens is 436 g/mol. The summed E-state index contributed by atoms with van der Waals surface area (Å²) in [5, 5.41) is 3.24.